The van der Waals surface area contributed by atoms with Crippen LogP contribution < -0.4 is 11.1 Å². The number of anilines is 1. The predicted octanol–water partition coefficient (Wildman–Crippen LogP) is 1.67. The Bertz CT molecular complexity index is 463. The van der Waals surface area contributed by atoms with Crippen molar-refractivity contribution in [2.75, 3.05) is 12.3 Å². The first-order valence-corrected chi connectivity index (χ1v) is 6.75. The van der Waals surface area contributed by atoms with Gasteiger partial charge < -0.3 is 16.2 Å². The highest BCUT2D eigenvalue weighted by molar-refractivity contribution is 5.96. The number of rotatable bonds is 8. The largest absolute Gasteiger partial charge is 0.481 e. The minimum absolute atomic E-state index is 0.166. The number of nitrogen functional groups attached to an aromatic ring is 1. The van der Waals surface area contributed by atoms with Crippen molar-refractivity contribution in [3.05, 3.63) is 24.0 Å². The molecule has 6 nitrogen and oxygen atoms in total. The molecule has 0 aliphatic carbocycles. The fourth-order valence-electron chi connectivity index (χ4n) is 1.96. The molecule has 0 radical (unpaired) electrons. The standard InChI is InChI=1S/C14H21N3O3/c1-2-10(5-6-12(18)19)7-9-17-14(20)13-11(15)4-3-8-16-13/h3-4,8,10H,2,5-7,9,15H2,1H3,(H,17,20)(H,18,19). The molecule has 1 rings (SSSR count). The first-order chi connectivity index (χ1) is 9.54. The number of aromatic nitrogens is 1. The molecule has 1 unspecified atom stereocenters. The molecule has 110 valence electrons. The van der Waals surface area contributed by atoms with Gasteiger partial charge in [-0.2, -0.15) is 0 Å². The summed E-state index contributed by atoms with van der Waals surface area (Å²) in [6, 6.07) is 3.30. The van der Waals surface area contributed by atoms with Gasteiger partial charge in [0.2, 0.25) is 0 Å². The number of carbonyl (C=O) groups is 2. The molecule has 20 heavy (non-hydrogen) atoms. The number of hydrogen-bond acceptors (Lipinski definition) is 4. The van der Waals surface area contributed by atoms with Crippen molar-refractivity contribution in [1.29, 1.82) is 0 Å². The SMILES string of the molecule is CCC(CCNC(=O)c1ncccc1N)CCC(=O)O. The van der Waals surface area contributed by atoms with Crippen LogP contribution in [-0.2, 0) is 4.79 Å². The zero-order valence-electron chi connectivity index (χ0n) is 11.6. The number of nitrogens with one attached hydrogen (secondary N) is 1. The van der Waals surface area contributed by atoms with Crippen LogP contribution in [0.4, 0.5) is 5.69 Å². The fourth-order valence-corrected chi connectivity index (χ4v) is 1.96. The maximum Gasteiger partial charge on any atom is 0.303 e. The van der Waals surface area contributed by atoms with Crippen LogP contribution in [0.3, 0.4) is 0 Å². The third-order valence-corrected chi connectivity index (χ3v) is 3.24. The third-order valence-electron chi connectivity index (χ3n) is 3.24. The lowest BCUT2D eigenvalue weighted by molar-refractivity contribution is -0.137. The zero-order valence-corrected chi connectivity index (χ0v) is 11.6. The topological polar surface area (TPSA) is 105 Å². The molecule has 6 heteroatoms. The Balaban J connectivity index is 2.37. The van der Waals surface area contributed by atoms with Crippen molar-refractivity contribution in [2.45, 2.75) is 32.6 Å². The Kier molecular flexibility index (Phi) is 6.49. The van der Waals surface area contributed by atoms with Gasteiger partial charge in [0.05, 0.1) is 5.69 Å². The first-order valence-electron chi connectivity index (χ1n) is 6.75. The van der Waals surface area contributed by atoms with Gasteiger partial charge in [0.25, 0.3) is 5.91 Å². The second kappa shape index (κ2) is 8.14. The number of carboxylic acid groups (broad SMARTS) is 1. The highest BCUT2D eigenvalue weighted by Crippen LogP contribution is 2.15. The van der Waals surface area contributed by atoms with E-state index in [-0.39, 0.29) is 18.0 Å². The lowest BCUT2D eigenvalue weighted by atomic mass is 9.96. The molecule has 1 aromatic rings. The lowest BCUT2D eigenvalue weighted by Crippen LogP contribution is -2.27. The molecule has 1 atom stereocenters. The molecule has 0 saturated carbocycles. The summed E-state index contributed by atoms with van der Waals surface area (Å²) in [7, 11) is 0. The third kappa shape index (κ3) is 5.26. The molecule has 0 fully saturated rings. The molecule has 0 aliphatic heterocycles. The molecule has 0 bridgehead atoms. The molecule has 0 saturated heterocycles. The second-order valence-corrected chi connectivity index (χ2v) is 4.69. The molecule has 0 aromatic carbocycles. The van der Waals surface area contributed by atoms with Gasteiger partial charge in [0, 0.05) is 19.2 Å². The number of pyridine rings is 1. The smallest absolute Gasteiger partial charge is 0.303 e. The molecule has 4 N–H and O–H groups in total. The van der Waals surface area contributed by atoms with E-state index < -0.39 is 5.97 Å². The van der Waals surface area contributed by atoms with Gasteiger partial charge in [0.15, 0.2) is 5.69 Å². The molecule has 0 spiro atoms. The number of amides is 1. The number of hydrogen-bond donors (Lipinski definition) is 3. The summed E-state index contributed by atoms with van der Waals surface area (Å²) in [6.07, 6.45) is 3.97. The van der Waals surface area contributed by atoms with Gasteiger partial charge in [-0.1, -0.05) is 13.3 Å². The molecule has 1 heterocycles. The second-order valence-electron chi connectivity index (χ2n) is 4.69. The van der Waals surface area contributed by atoms with E-state index in [0.717, 1.165) is 12.8 Å². The highest BCUT2D eigenvalue weighted by atomic mass is 16.4. The molecule has 0 aliphatic rings. The summed E-state index contributed by atoms with van der Waals surface area (Å²) < 4.78 is 0. The molecular formula is C14H21N3O3. The van der Waals surface area contributed by atoms with E-state index >= 15 is 0 Å². The van der Waals surface area contributed by atoms with Crippen LogP contribution >= 0.6 is 0 Å². The van der Waals surface area contributed by atoms with E-state index in [0.29, 0.717) is 24.6 Å². The van der Waals surface area contributed by atoms with E-state index in [4.69, 9.17) is 10.8 Å². The average Bonchev–Trinajstić information content (AvgIpc) is 2.42. The molecular weight excluding hydrogens is 258 g/mol. The maximum atomic E-state index is 11.9. The number of nitrogens with zero attached hydrogens (tertiary/aromatic N) is 1. The van der Waals surface area contributed by atoms with Gasteiger partial charge in [0.1, 0.15) is 0 Å². The highest BCUT2D eigenvalue weighted by Gasteiger charge is 2.12. The van der Waals surface area contributed by atoms with Crippen molar-refractivity contribution in [2.24, 2.45) is 5.92 Å². The first kappa shape index (κ1) is 15.9. The predicted molar refractivity (Wildman–Crippen MR) is 76.3 cm³/mol. The van der Waals surface area contributed by atoms with Crippen molar-refractivity contribution in [1.82, 2.24) is 10.3 Å². The van der Waals surface area contributed by atoms with Crippen LogP contribution in [0, 0.1) is 5.92 Å². The van der Waals surface area contributed by atoms with Gasteiger partial charge in [-0.15, -0.1) is 0 Å². The quantitative estimate of drug-likeness (QED) is 0.671. The van der Waals surface area contributed by atoms with Crippen molar-refractivity contribution in [3.8, 4) is 0 Å². The summed E-state index contributed by atoms with van der Waals surface area (Å²) in [5, 5.41) is 11.4. The molecule has 1 amide bonds. The van der Waals surface area contributed by atoms with Gasteiger partial charge >= 0.3 is 5.97 Å². The van der Waals surface area contributed by atoms with E-state index in [1.807, 2.05) is 6.92 Å². The van der Waals surface area contributed by atoms with Gasteiger partial charge in [-0.25, -0.2) is 4.98 Å². The van der Waals surface area contributed by atoms with Crippen LogP contribution in [-0.4, -0.2) is 28.5 Å². The molecule has 1 aromatic heterocycles. The minimum atomic E-state index is -0.784. The van der Waals surface area contributed by atoms with E-state index in [9.17, 15) is 9.59 Å². The van der Waals surface area contributed by atoms with Crippen LogP contribution in [0.1, 0.15) is 43.1 Å². The van der Waals surface area contributed by atoms with E-state index in [1.165, 1.54) is 6.20 Å². The van der Waals surface area contributed by atoms with Gasteiger partial charge in [-0.05, 0) is 30.9 Å². The zero-order chi connectivity index (χ0) is 15.0. The maximum absolute atomic E-state index is 11.9. The summed E-state index contributed by atoms with van der Waals surface area (Å²) in [5.74, 6) is -0.780. The van der Waals surface area contributed by atoms with Crippen LogP contribution in [0.2, 0.25) is 0 Å². The van der Waals surface area contributed by atoms with E-state index in [2.05, 4.69) is 10.3 Å². The van der Waals surface area contributed by atoms with Crippen molar-refractivity contribution in [3.63, 3.8) is 0 Å². The number of nitrogens with two attached hydrogens (primary N) is 1. The summed E-state index contributed by atoms with van der Waals surface area (Å²) in [6.45, 7) is 2.51. The Morgan fingerprint density at radius 1 is 1.45 bits per heavy atom. The van der Waals surface area contributed by atoms with Crippen LogP contribution in [0.15, 0.2) is 18.3 Å². The Morgan fingerprint density at radius 3 is 2.80 bits per heavy atom. The Morgan fingerprint density at radius 2 is 2.20 bits per heavy atom. The van der Waals surface area contributed by atoms with E-state index in [1.54, 1.807) is 12.1 Å². The summed E-state index contributed by atoms with van der Waals surface area (Å²) >= 11 is 0. The Hall–Kier alpha value is -2.11. The number of carbonyl (C=O) groups excluding carboxylic acids is 1. The average molecular weight is 279 g/mol. The summed E-state index contributed by atoms with van der Waals surface area (Å²) in [5.41, 5.74) is 6.25. The summed E-state index contributed by atoms with van der Waals surface area (Å²) in [4.78, 5) is 26.3. The minimum Gasteiger partial charge on any atom is -0.481 e. The van der Waals surface area contributed by atoms with Crippen LogP contribution in [0.25, 0.3) is 0 Å². The van der Waals surface area contributed by atoms with Crippen molar-refractivity contribution >= 4 is 17.6 Å². The number of carboxylic acids is 1. The normalized spacial score (nSPS) is 11.8. The van der Waals surface area contributed by atoms with Crippen molar-refractivity contribution < 1.29 is 14.7 Å². The fraction of sp³-hybridized carbons (Fsp3) is 0.500. The lowest BCUT2D eigenvalue weighted by Gasteiger charge is -2.14. The Labute approximate surface area is 118 Å². The van der Waals surface area contributed by atoms with Crippen LogP contribution in [0.5, 0.6) is 0 Å². The number of aliphatic carboxylic acids is 1. The monoisotopic (exact) mass is 279 g/mol. The van der Waals surface area contributed by atoms with Gasteiger partial charge in [-0.3, -0.25) is 9.59 Å².